The summed E-state index contributed by atoms with van der Waals surface area (Å²) in [7, 11) is 0. The molecule has 1 amide bonds. The van der Waals surface area contributed by atoms with E-state index >= 15 is 0 Å². The van der Waals surface area contributed by atoms with Crippen molar-refractivity contribution in [1.29, 1.82) is 0 Å². The van der Waals surface area contributed by atoms with Gasteiger partial charge in [0.1, 0.15) is 17.6 Å². The number of amides is 1. The molecule has 3 heterocycles. The quantitative estimate of drug-likeness (QED) is 0.855. The summed E-state index contributed by atoms with van der Waals surface area (Å²) in [5.41, 5.74) is 1.75. The molecule has 0 fully saturated rings. The maximum atomic E-state index is 11.9. The highest BCUT2D eigenvalue weighted by Crippen LogP contribution is 2.37. The number of ether oxygens (including phenoxy) is 2. The van der Waals surface area contributed by atoms with Crippen molar-refractivity contribution in [2.24, 2.45) is 5.10 Å². The predicted molar refractivity (Wildman–Crippen MR) is 82.4 cm³/mol. The number of rotatable bonds is 2. The van der Waals surface area contributed by atoms with Gasteiger partial charge in [-0.1, -0.05) is 0 Å². The molecule has 2 aliphatic heterocycles. The summed E-state index contributed by atoms with van der Waals surface area (Å²) < 4.78 is 16.4. The third-order valence-electron chi connectivity index (χ3n) is 4.03. The van der Waals surface area contributed by atoms with Gasteiger partial charge in [-0.05, 0) is 37.3 Å². The van der Waals surface area contributed by atoms with Gasteiger partial charge in [0.25, 0.3) is 0 Å². The third kappa shape index (κ3) is 2.36. The van der Waals surface area contributed by atoms with Crippen molar-refractivity contribution in [1.82, 2.24) is 5.01 Å². The average Bonchev–Trinajstić information content (AvgIpc) is 3.24. The first-order chi connectivity index (χ1) is 11.1. The van der Waals surface area contributed by atoms with Crippen LogP contribution in [0.4, 0.5) is 0 Å². The Bertz CT molecular complexity index is 809. The van der Waals surface area contributed by atoms with Gasteiger partial charge in [0.15, 0.2) is 11.5 Å². The molecule has 23 heavy (non-hydrogen) atoms. The molecule has 2 aliphatic rings. The van der Waals surface area contributed by atoms with Crippen LogP contribution in [-0.2, 0) is 4.79 Å². The largest absolute Gasteiger partial charge is 0.464 e. The van der Waals surface area contributed by atoms with Crippen LogP contribution in [0.25, 0.3) is 0 Å². The second-order valence-electron chi connectivity index (χ2n) is 5.65. The lowest BCUT2D eigenvalue weighted by Crippen LogP contribution is -2.23. The van der Waals surface area contributed by atoms with Crippen LogP contribution in [0.3, 0.4) is 0 Å². The van der Waals surface area contributed by atoms with E-state index in [1.54, 1.807) is 0 Å². The van der Waals surface area contributed by atoms with E-state index in [0.29, 0.717) is 12.2 Å². The van der Waals surface area contributed by atoms with Crippen LogP contribution < -0.4 is 9.47 Å². The molecule has 118 valence electrons. The number of hydrogen-bond acceptors (Lipinski definition) is 5. The Balaban J connectivity index is 1.67. The standard InChI is InChI=1S/C17H16N2O4/c1-10-3-5-15(23-10)14-8-13(18-19(14)11(2)20)12-4-6-16-17(7-12)22-9-21-16/h3-7,14H,8-9H2,1-2H3/t14-/m1/s1. The minimum absolute atomic E-state index is 0.111. The van der Waals surface area contributed by atoms with Gasteiger partial charge in [-0.15, -0.1) is 0 Å². The Labute approximate surface area is 133 Å². The van der Waals surface area contributed by atoms with E-state index in [1.165, 1.54) is 11.9 Å². The molecule has 0 saturated carbocycles. The van der Waals surface area contributed by atoms with Crippen molar-refractivity contribution in [3.05, 3.63) is 47.4 Å². The minimum Gasteiger partial charge on any atom is -0.464 e. The van der Waals surface area contributed by atoms with Gasteiger partial charge >= 0.3 is 0 Å². The van der Waals surface area contributed by atoms with E-state index in [-0.39, 0.29) is 18.7 Å². The molecule has 0 bridgehead atoms. The van der Waals surface area contributed by atoms with Crippen molar-refractivity contribution in [2.45, 2.75) is 26.3 Å². The molecule has 0 radical (unpaired) electrons. The molecule has 4 rings (SSSR count). The maximum absolute atomic E-state index is 11.9. The minimum atomic E-state index is -0.207. The molecule has 2 aromatic rings. The zero-order valence-electron chi connectivity index (χ0n) is 12.9. The van der Waals surface area contributed by atoms with Crippen LogP contribution in [0, 0.1) is 6.92 Å². The van der Waals surface area contributed by atoms with Crippen molar-refractivity contribution in [3.63, 3.8) is 0 Å². The summed E-state index contributed by atoms with van der Waals surface area (Å²) in [5, 5.41) is 5.98. The highest BCUT2D eigenvalue weighted by Gasteiger charge is 2.33. The van der Waals surface area contributed by atoms with Gasteiger partial charge < -0.3 is 13.9 Å². The van der Waals surface area contributed by atoms with Gasteiger partial charge in [-0.25, -0.2) is 5.01 Å². The first kappa shape index (κ1) is 13.9. The lowest BCUT2D eigenvalue weighted by atomic mass is 10.0. The van der Waals surface area contributed by atoms with Gasteiger partial charge in [0, 0.05) is 18.9 Å². The summed E-state index contributed by atoms with van der Waals surface area (Å²) in [6.07, 6.45) is 0.603. The molecular weight excluding hydrogens is 296 g/mol. The average molecular weight is 312 g/mol. The monoisotopic (exact) mass is 312 g/mol. The van der Waals surface area contributed by atoms with Gasteiger partial charge in [0.05, 0.1) is 5.71 Å². The number of carbonyl (C=O) groups is 1. The van der Waals surface area contributed by atoms with Crippen LogP contribution >= 0.6 is 0 Å². The zero-order chi connectivity index (χ0) is 16.0. The van der Waals surface area contributed by atoms with Crippen LogP contribution in [-0.4, -0.2) is 23.4 Å². The van der Waals surface area contributed by atoms with E-state index in [9.17, 15) is 4.79 Å². The molecule has 1 atom stereocenters. The number of benzene rings is 1. The second-order valence-corrected chi connectivity index (χ2v) is 5.65. The second kappa shape index (κ2) is 5.15. The predicted octanol–water partition coefficient (Wildman–Crippen LogP) is 3.01. The summed E-state index contributed by atoms with van der Waals surface area (Å²) in [6, 6.07) is 9.28. The lowest BCUT2D eigenvalue weighted by molar-refractivity contribution is -0.130. The molecule has 0 spiro atoms. The molecule has 1 aromatic carbocycles. The molecule has 0 unspecified atom stereocenters. The number of hydrazone groups is 1. The maximum Gasteiger partial charge on any atom is 0.240 e. The Morgan fingerprint density at radius 1 is 1.22 bits per heavy atom. The van der Waals surface area contributed by atoms with Crippen molar-refractivity contribution in [3.8, 4) is 11.5 Å². The van der Waals surface area contributed by atoms with Crippen LogP contribution in [0.15, 0.2) is 39.9 Å². The van der Waals surface area contributed by atoms with Crippen LogP contribution in [0.1, 0.15) is 36.5 Å². The van der Waals surface area contributed by atoms with E-state index in [2.05, 4.69) is 5.10 Å². The van der Waals surface area contributed by atoms with E-state index < -0.39 is 0 Å². The SMILES string of the molecule is CC(=O)N1N=C(c2ccc3c(c2)OCO3)C[C@@H]1c1ccc(C)o1. The molecule has 6 heteroatoms. The number of fused-ring (bicyclic) bond motifs is 1. The smallest absolute Gasteiger partial charge is 0.240 e. The molecule has 1 aromatic heterocycles. The highest BCUT2D eigenvalue weighted by atomic mass is 16.7. The molecule has 0 aliphatic carbocycles. The molecule has 0 N–H and O–H groups in total. The fraction of sp³-hybridized carbons (Fsp3) is 0.294. The number of aryl methyl sites for hydroxylation is 1. The lowest BCUT2D eigenvalue weighted by Gasteiger charge is -2.17. The van der Waals surface area contributed by atoms with Crippen LogP contribution in [0.5, 0.6) is 11.5 Å². The fourth-order valence-electron chi connectivity index (χ4n) is 2.91. The van der Waals surface area contributed by atoms with E-state index in [1.807, 2.05) is 37.3 Å². The van der Waals surface area contributed by atoms with Crippen molar-refractivity contribution >= 4 is 11.6 Å². The summed E-state index contributed by atoms with van der Waals surface area (Å²) in [6.45, 7) is 3.63. The molecule has 6 nitrogen and oxygen atoms in total. The number of furan rings is 1. The summed E-state index contributed by atoms with van der Waals surface area (Å²) in [5.74, 6) is 2.89. The Hall–Kier alpha value is -2.76. The Morgan fingerprint density at radius 3 is 2.78 bits per heavy atom. The number of nitrogens with zero attached hydrogens (tertiary/aromatic N) is 2. The first-order valence-electron chi connectivity index (χ1n) is 7.45. The molecule has 0 saturated heterocycles. The van der Waals surface area contributed by atoms with Gasteiger partial charge in [-0.2, -0.15) is 5.10 Å². The van der Waals surface area contributed by atoms with Crippen LogP contribution in [0.2, 0.25) is 0 Å². The zero-order valence-corrected chi connectivity index (χ0v) is 12.9. The Kier molecular flexibility index (Phi) is 3.11. The Morgan fingerprint density at radius 2 is 2.04 bits per heavy atom. The topological polar surface area (TPSA) is 64.3 Å². The number of carbonyl (C=O) groups excluding carboxylic acids is 1. The van der Waals surface area contributed by atoms with Crippen molar-refractivity contribution in [2.75, 3.05) is 6.79 Å². The normalized spacial score (nSPS) is 19.1. The summed E-state index contributed by atoms with van der Waals surface area (Å²) >= 11 is 0. The molecular formula is C17H16N2O4. The summed E-state index contributed by atoms with van der Waals surface area (Å²) in [4.78, 5) is 11.9. The third-order valence-corrected chi connectivity index (χ3v) is 4.03. The highest BCUT2D eigenvalue weighted by molar-refractivity contribution is 6.03. The first-order valence-corrected chi connectivity index (χ1v) is 7.45. The van der Waals surface area contributed by atoms with Gasteiger partial charge in [-0.3, -0.25) is 4.79 Å². The van der Waals surface area contributed by atoms with Gasteiger partial charge in [0.2, 0.25) is 12.7 Å². The number of hydrogen-bond donors (Lipinski definition) is 0. The van der Waals surface area contributed by atoms with Crippen molar-refractivity contribution < 1.29 is 18.7 Å². The van der Waals surface area contributed by atoms with E-state index in [4.69, 9.17) is 13.9 Å². The van der Waals surface area contributed by atoms with E-state index in [0.717, 1.165) is 28.5 Å². The fourth-order valence-corrected chi connectivity index (χ4v) is 2.91.